The molecule has 0 amide bonds. The van der Waals surface area contributed by atoms with Gasteiger partial charge >= 0.3 is 0 Å². The number of nitro groups is 1. The highest BCUT2D eigenvalue weighted by Crippen LogP contribution is 2.22. The first kappa shape index (κ1) is 16.8. The van der Waals surface area contributed by atoms with Crippen LogP contribution in [0.5, 0.6) is 0 Å². The molecule has 1 N–H and O–H groups in total. The minimum absolute atomic E-state index is 0. The summed E-state index contributed by atoms with van der Waals surface area (Å²) in [4.78, 5) is 12.6. The molecule has 0 unspecified atom stereocenters. The van der Waals surface area contributed by atoms with Gasteiger partial charge in [0, 0.05) is 24.2 Å². The molecule has 20 heavy (non-hydrogen) atoms. The van der Waals surface area contributed by atoms with Crippen molar-refractivity contribution in [3.63, 3.8) is 0 Å². The van der Waals surface area contributed by atoms with Gasteiger partial charge in [-0.1, -0.05) is 0 Å². The Labute approximate surface area is 123 Å². The second kappa shape index (κ2) is 7.52. The van der Waals surface area contributed by atoms with Crippen molar-refractivity contribution in [1.82, 2.24) is 10.2 Å². The molecule has 1 aliphatic heterocycles. The van der Waals surface area contributed by atoms with Crippen LogP contribution in [0.1, 0.15) is 18.4 Å². The summed E-state index contributed by atoms with van der Waals surface area (Å²) in [6.07, 6.45) is 2.03. The minimum atomic E-state index is -0.453. The predicted molar refractivity (Wildman–Crippen MR) is 77.7 cm³/mol. The van der Waals surface area contributed by atoms with Gasteiger partial charge in [-0.3, -0.25) is 15.0 Å². The van der Waals surface area contributed by atoms with Crippen LogP contribution in [0.25, 0.3) is 0 Å². The summed E-state index contributed by atoms with van der Waals surface area (Å²) in [7, 11) is 1.94. The van der Waals surface area contributed by atoms with Crippen LogP contribution in [0.15, 0.2) is 18.2 Å². The average Bonchev–Trinajstić information content (AvgIpc) is 2.39. The topological polar surface area (TPSA) is 58.4 Å². The molecule has 0 spiro atoms. The van der Waals surface area contributed by atoms with Crippen LogP contribution in [0.2, 0.25) is 0 Å². The Morgan fingerprint density at radius 2 is 2.10 bits per heavy atom. The van der Waals surface area contributed by atoms with E-state index in [1.54, 1.807) is 0 Å². The van der Waals surface area contributed by atoms with E-state index in [1.165, 1.54) is 12.1 Å². The van der Waals surface area contributed by atoms with Crippen molar-refractivity contribution < 1.29 is 9.31 Å². The van der Waals surface area contributed by atoms with Gasteiger partial charge in [0.2, 0.25) is 0 Å². The summed E-state index contributed by atoms with van der Waals surface area (Å²) >= 11 is 0. The molecule has 1 saturated heterocycles. The van der Waals surface area contributed by atoms with E-state index in [1.807, 2.05) is 7.05 Å². The zero-order chi connectivity index (χ0) is 13.8. The molecule has 1 fully saturated rings. The van der Waals surface area contributed by atoms with Crippen molar-refractivity contribution in [3.8, 4) is 0 Å². The number of piperidine rings is 1. The quantitative estimate of drug-likeness (QED) is 0.685. The Morgan fingerprint density at radius 1 is 1.45 bits per heavy atom. The normalized spacial score (nSPS) is 15.9. The Kier molecular flexibility index (Phi) is 6.32. The summed E-state index contributed by atoms with van der Waals surface area (Å²) in [6, 6.07) is 4.02. The first-order valence-corrected chi connectivity index (χ1v) is 6.41. The standard InChI is InChI=1S/C13H18FN3O2.ClH/c1-16(12-4-6-15-7-5-12)9-10-8-11(14)2-3-13(10)17(18)19;/h2-3,8,12,15H,4-7,9H2,1H3;1H. The Morgan fingerprint density at radius 3 is 2.70 bits per heavy atom. The van der Waals surface area contributed by atoms with Crippen LogP contribution in [-0.4, -0.2) is 36.0 Å². The van der Waals surface area contributed by atoms with Gasteiger partial charge in [-0.2, -0.15) is 0 Å². The number of rotatable bonds is 4. The molecule has 0 saturated carbocycles. The van der Waals surface area contributed by atoms with Crippen LogP contribution < -0.4 is 5.32 Å². The van der Waals surface area contributed by atoms with E-state index in [-0.39, 0.29) is 18.1 Å². The van der Waals surface area contributed by atoms with Crippen molar-refractivity contribution >= 4 is 18.1 Å². The van der Waals surface area contributed by atoms with E-state index in [2.05, 4.69) is 10.2 Å². The van der Waals surface area contributed by atoms with Gasteiger partial charge in [0.05, 0.1) is 4.92 Å². The molecule has 1 aromatic rings. The molecule has 1 heterocycles. The fourth-order valence-electron chi connectivity index (χ4n) is 2.50. The second-order valence-corrected chi connectivity index (χ2v) is 4.93. The molecule has 7 heteroatoms. The molecule has 112 valence electrons. The average molecular weight is 304 g/mol. The lowest BCUT2D eigenvalue weighted by Gasteiger charge is -2.31. The second-order valence-electron chi connectivity index (χ2n) is 4.93. The van der Waals surface area contributed by atoms with Crippen molar-refractivity contribution in [1.29, 1.82) is 0 Å². The van der Waals surface area contributed by atoms with Gasteiger partial charge in [0.15, 0.2) is 0 Å². The number of benzene rings is 1. The first-order valence-electron chi connectivity index (χ1n) is 6.41. The molecule has 0 atom stereocenters. The highest BCUT2D eigenvalue weighted by Gasteiger charge is 2.21. The molecule has 0 aromatic heterocycles. The number of halogens is 2. The highest BCUT2D eigenvalue weighted by atomic mass is 35.5. The van der Waals surface area contributed by atoms with E-state index in [0.29, 0.717) is 18.2 Å². The number of hydrogen-bond donors (Lipinski definition) is 1. The Bertz CT molecular complexity index is 467. The van der Waals surface area contributed by atoms with Crippen LogP contribution in [-0.2, 0) is 6.54 Å². The van der Waals surface area contributed by atoms with Gasteiger partial charge in [0.25, 0.3) is 5.69 Å². The zero-order valence-electron chi connectivity index (χ0n) is 11.3. The molecule has 1 aliphatic rings. The fourth-order valence-corrected chi connectivity index (χ4v) is 2.50. The summed E-state index contributed by atoms with van der Waals surface area (Å²) in [6.45, 7) is 2.32. The van der Waals surface area contributed by atoms with Crippen LogP contribution >= 0.6 is 12.4 Å². The molecule has 5 nitrogen and oxygen atoms in total. The van der Waals surface area contributed by atoms with E-state index < -0.39 is 10.7 Å². The van der Waals surface area contributed by atoms with Crippen LogP contribution in [0, 0.1) is 15.9 Å². The maximum atomic E-state index is 13.3. The van der Waals surface area contributed by atoms with Gasteiger partial charge in [-0.15, -0.1) is 12.4 Å². The lowest BCUT2D eigenvalue weighted by Crippen LogP contribution is -2.40. The molecule has 2 rings (SSSR count). The van der Waals surface area contributed by atoms with E-state index in [9.17, 15) is 14.5 Å². The SMILES string of the molecule is CN(Cc1cc(F)ccc1[N+](=O)[O-])C1CCNCC1.Cl. The smallest absolute Gasteiger partial charge is 0.274 e. The third-order valence-electron chi connectivity index (χ3n) is 3.59. The first-order chi connectivity index (χ1) is 9.08. The van der Waals surface area contributed by atoms with Crippen molar-refractivity contribution in [2.75, 3.05) is 20.1 Å². The van der Waals surface area contributed by atoms with Gasteiger partial charge in [-0.05, 0) is 45.1 Å². The lowest BCUT2D eigenvalue weighted by molar-refractivity contribution is -0.385. The van der Waals surface area contributed by atoms with E-state index >= 15 is 0 Å². The number of nitrogens with zero attached hydrogens (tertiary/aromatic N) is 2. The number of nitrogens with one attached hydrogen (secondary N) is 1. The number of hydrogen-bond acceptors (Lipinski definition) is 4. The molecule has 0 bridgehead atoms. The van der Waals surface area contributed by atoms with Gasteiger partial charge < -0.3 is 5.32 Å². The van der Waals surface area contributed by atoms with E-state index in [4.69, 9.17) is 0 Å². The monoisotopic (exact) mass is 303 g/mol. The molecule has 0 radical (unpaired) electrons. The summed E-state index contributed by atoms with van der Waals surface area (Å²) in [5.74, 6) is -0.431. The highest BCUT2D eigenvalue weighted by molar-refractivity contribution is 5.85. The third-order valence-corrected chi connectivity index (χ3v) is 3.59. The maximum Gasteiger partial charge on any atom is 0.274 e. The van der Waals surface area contributed by atoms with Crippen molar-refractivity contribution in [3.05, 3.63) is 39.7 Å². The predicted octanol–water partition coefficient (Wildman–Crippen LogP) is 2.34. The van der Waals surface area contributed by atoms with Crippen molar-refractivity contribution in [2.24, 2.45) is 0 Å². The molecular weight excluding hydrogens is 285 g/mol. The Balaban J connectivity index is 0.00000200. The third kappa shape index (κ3) is 4.13. The van der Waals surface area contributed by atoms with Gasteiger partial charge in [0.1, 0.15) is 5.82 Å². The summed E-state index contributed by atoms with van der Waals surface area (Å²) in [5, 5.41) is 14.2. The molecular formula is C13H19ClFN3O2. The van der Waals surface area contributed by atoms with Crippen LogP contribution in [0.4, 0.5) is 10.1 Å². The van der Waals surface area contributed by atoms with Gasteiger partial charge in [-0.25, -0.2) is 4.39 Å². The fraction of sp³-hybridized carbons (Fsp3) is 0.538. The minimum Gasteiger partial charge on any atom is -0.317 e. The van der Waals surface area contributed by atoms with Crippen molar-refractivity contribution in [2.45, 2.75) is 25.4 Å². The molecule has 0 aliphatic carbocycles. The molecule has 1 aromatic carbocycles. The summed E-state index contributed by atoms with van der Waals surface area (Å²) < 4.78 is 13.3. The maximum absolute atomic E-state index is 13.3. The lowest BCUT2D eigenvalue weighted by atomic mass is 10.0. The van der Waals surface area contributed by atoms with E-state index in [0.717, 1.165) is 32.0 Å². The number of nitro benzene ring substituents is 1. The largest absolute Gasteiger partial charge is 0.317 e. The Hall–Kier alpha value is -1.24. The zero-order valence-corrected chi connectivity index (χ0v) is 12.2. The van der Waals surface area contributed by atoms with Crippen LogP contribution in [0.3, 0.4) is 0 Å². The summed E-state index contributed by atoms with van der Waals surface area (Å²) in [5.41, 5.74) is 0.424.